The first-order valence-corrected chi connectivity index (χ1v) is 10.3. The maximum Gasteiger partial charge on any atom is 0.274 e. The van der Waals surface area contributed by atoms with Gasteiger partial charge in [-0.05, 0) is 68.1 Å². The van der Waals surface area contributed by atoms with Crippen molar-refractivity contribution < 1.29 is 10.0 Å². The zero-order chi connectivity index (χ0) is 19.3. The predicted octanol–water partition coefficient (Wildman–Crippen LogP) is 3.16. The molecule has 1 saturated carbocycles. The summed E-state index contributed by atoms with van der Waals surface area (Å²) in [6.45, 7) is 4.29. The summed E-state index contributed by atoms with van der Waals surface area (Å²) in [5.41, 5.74) is 4.82. The summed E-state index contributed by atoms with van der Waals surface area (Å²) < 4.78 is 0. The first-order chi connectivity index (χ1) is 13.7. The van der Waals surface area contributed by atoms with Crippen molar-refractivity contribution in [2.75, 3.05) is 19.6 Å². The Morgan fingerprint density at radius 3 is 2.43 bits per heavy atom. The fourth-order valence-electron chi connectivity index (χ4n) is 4.24. The number of carbonyl (C=O) groups is 1. The minimum absolute atomic E-state index is 0.468. The van der Waals surface area contributed by atoms with Gasteiger partial charge in [-0.2, -0.15) is 0 Å². The van der Waals surface area contributed by atoms with E-state index in [4.69, 9.17) is 5.21 Å². The molecule has 28 heavy (non-hydrogen) atoms. The third-order valence-corrected chi connectivity index (χ3v) is 6.12. The SMILES string of the molecule is O=C(NO)c1ccc(CN2CCC(CN[C@H]3C[C@@H]3c3ccccc3)CC2)cc1. The molecular formula is C23H29N3O2. The summed E-state index contributed by atoms with van der Waals surface area (Å²) in [5.74, 6) is 1.01. The number of nitrogens with zero attached hydrogens (tertiary/aromatic N) is 1. The number of hydrogen-bond donors (Lipinski definition) is 3. The highest BCUT2D eigenvalue weighted by Gasteiger charge is 2.38. The molecule has 0 bridgehead atoms. The number of piperidine rings is 1. The molecule has 2 aliphatic rings. The number of amides is 1. The molecule has 5 nitrogen and oxygen atoms in total. The number of carbonyl (C=O) groups excluding carboxylic acids is 1. The van der Waals surface area contributed by atoms with Crippen molar-refractivity contribution in [3.8, 4) is 0 Å². The molecule has 3 N–H and O–H groups in total. The Balaban J connectivity index is 1.17. The maximum atomic E-state index is 11.4. The van der Waals surface area contributed by atoms with Crippen LogP contribution in [0.3, 0.4) is 0 Å². The number of nitrogens with one attached hydrogen (secondary N) is 2. The largest absolute Gasteiger partial charge is 0.313 e. The van der Waals surface area contributed by atoms with Gasteiger partial charge in [-0.25, -0.2) is 5.48 Å². The van der Waals surface area contributed by atoms with E-state index in [0.29, 0.717) is 17.5 Å². The quantitative estimate of drug-likeness (QED) is 0.511. The molecule has 148 valence electrons. The van der Waals surface area contributed by atoms with Gasteiger partial charge in [0.1, 0.15) is 0 Å². The molecule has 5 heteroatoms. The average Bonchev–Trinajstić information content (AvgIpc) is 3.54. The van der Waals surface area contributed by atoms with Crippen LogP contribution in [0.1, 0.15) is 46.7 Å². The summed E-state index contributed by atoms with van der Waals surface area (Å²) in [5, 5.41) is 12.5. The second-order valence-corrected chi connectivity index (χ2v) is 8.12. The lowest BCUT2D eigenvalue weighted by atomic mass is 9.96. The van der Waals surface area contributed by atoms with Crippen LogP contribution in [-0.4, -0.2) is 41.7 Å². The molecule has 2 aromatic rings. The summed E-state index contributed by atoms with van der Waals surface area (Å²) in [4.78, 5) is 13.9. The highest BCUT2D eigenvalue weighted by molar-refractivity contribution is 5.93. The molecule has 1 amide bonds. The molecular weight excluding hydrogens is 350 g/mol. The van der Waals surface area contributed by atoms with Crippen molar-refractivity contribution in [3.05, 3.63) is 71.3 Å². The van der Waals surface area contributed by atoms with E-state index in [1.807, 2.05) is 12.1 Å². The van der Waals surface area contributed by atoms with E-state index in [9.17, 15) is 4.79 Å². The van der Waals surface area contributed by atoms with Crippen LogP contribution in [0, 0.1) is 5.92 Å². The van der Waals surface area contributed by atoms with Crippen LogP contribution in [0.25, 0.3) is 0 Å². The van der Waals surface area contributed by atoms with Gasteiger partial charge in [0.2, 0.25) is 0 Å². The smallest absolute Gasteiger partial charge is 0.274 e. The zero-order valence-corrected chi connectivity index (χ0v) is 16.2. The van der Waals surface area contributed by atoms with E-state index in [1.54, 1.807) is 17.6 Å². The fraction of sp³-hybridized carbons (Fsp3) is 0.435. The summed E-state index contributed by atoms with van der Waals surface area (Å²) >= 11 is 0. The molecule has 1 heterocycles. The van der Waals surface area contributed by atoms with Crippen molar-refractivity contribution in [3.63, 3.8) is 0 Å². The molecule has 2 fully saturated rings. The minimum Gasteiger partial charge on any atom is -0.313 e. The highest BCUT2D eigenvalue weighted by atomic mass is 16.5. The van der Waals surface area contributed by atoms with Crippen molar-refractivity contribution in [1.82, 2.24) is 15.7 Å². The molecule has 1 saturated heterocycles. The molecule has 0 radical (unpaired) electrons. The first kappa shape index (κ1) is 19.1. The van der Waals surface area contributed by atoms with E-state index >= 15 is 0 Å². The van der Waals surface area contributed by atoms with Gasteiger partial charge >= 0.3 is 0 Å². The van der Waals surface area contributed by atoms with Crippen LogP contribution in [0.15, 0.2) is 54.6 Å². The van der Waals surface area contributed by atoms with E-state index < -0.39 is 5.91 Å². The van der Waals surface area contributed by atoms with Crippen LogP contribution in [0.4, 0.5) is 0 Å². The van der Waals surface area contributed by atoms with Crippen LogP contribution < -0.4 is 10.8 Å². The van der Waals surface area contributed by atoms with E-state index in [0.717, 1.165) is 32.1 Å². The molecule has 0 aromatic heterocycles. The lowest BCUT2D eigenvalue weighted by Gasteiger charge is -2.32. The maximum absolute atomic E-state index is 11.4. The topological polar surface area (TPSA) is 64.6 Å². The van der Waals surface area contributed by atoms with Crippen LogP contribution in [0.2, 0.25) is 0 Å². The molecule has 1 aliphatic heterocycles. The van der Waals surface area contributed by atoms with Crippen LogP contribution in [0.5, 0.6) is 0 Å². The van der Waals surface area contributed by atoms with E-state index in [-0.39, 0.29) is 0 Å². The number of likely N-dealkylation sites (tertiary alicyclic amines) is 1. The van der Waals surface area contributed by atoms with Gasteiger partial charge in [0, 0.05) is 24.1 Å². The Labute approximate surface area is 166 Å². The Morgan fingerprint density at radius 1 is 1.04 bits per heavy atom. The van der Waals surface area contributed by atoms with Gasteiger partial charge in [-0.3, -0.25) is 14.9 Å². The Kier molecular flexibility index (Phi) is 6.05. The second kappa shape index (κ2) is 8.86. The third kappa shape index (κ3) is 4.79. The van der Waals surface area contributed by atoms with Gasteiger partial charge in [0.05, 0.1) is 0 Å². The predicted molar refractivity (Wildman–Crippen MR) is 109 cm³/mol. The minimum atomic E-state index is -0.468. The third-order valence-electron chi connectivity index (χ3n) is 6.12. The monoisotopic (exact) mass is 379 g/mol. The molecule has 2 atom stereocenters. The van der Waals surface area contributed by atoms with Crippen molar-refractivity contribution >= 4 is 5.91 Å². The number of hydrogen-bond acceptors (Lipinski definition) is 4. The van der Waals surface area contributed by atoms with Crippen molar-refractivity contribution in [1.29, 1.82) is 0 Å². The number of hydroxylamine groups is 1. The Bertz CT molecular complexity index is 770. The summed E-state index contributed by atoms with van der Waals surface area (Å²) in [6.07, 6.45) is 3.74. The lowest BCUT2D eigenvalue weighted by Crippen LogP contribution is -2.37. The van der Waals surface area contributed by atoms with Crippen LogP contribution in [-0.2, 0) is 6.54 Å². The zero-order valence-electron chi connectivity index (χ0n) is 16.2. The van der Waals surface area contributed by atoms with Gasteiger partial charge in [-0.15, -0.1) is 0 Å². The number of benzene rings is 2. The Morgan fingerprint density at radius 2 is 1.75 bits per heavy atom. The summed E-state index contributed by atoms with van der Waals surface area (Å²) in [7, 11) is 0. The Hall–Kier alpha value is -2.21. The van der Waals surface area contributed by atoms with E-state index in [1.165, 1.54) is 30.4 Å². The molecule has 0 spiro atoms. The van der Waals surface area contributed by atoms with Gasteiger partial charge < -0.3 is 5.32 Å². The molecule has 4 rings (SSSR count). The fourth-order valence-corrected chi connectivity index (χ4v) is 4.24. The average molecular weight is 380 g/mol. The normalized spacial score (nSPS) is 22.8. The molecule has 0 unspecified atom stereocenters. The summed E-state index contributed by atoms with van der Waals surface area (Å²) in [6, 6.07) is 19.0. The second-order valence-electron chi connectivity index (χ2n) is 8.12. The van der Waals surface area contributed by atoms with Gasteiger partial charge in [0.15, 0.2) is 0 Å². The van der Waals surface area contributed by atoms with Crippen molar-refractivity contribution in [2.45, 2.75) is 37.8 Å². The molecule has 2 aromatic carbocycles. The highest BCUT2D eigenvalue weighted by Crippen LogP contribution is 2.40. The molecule has 1 aliphatic carbocycles. The standard InChI is InChI=1S/C23H29N3O2/c27-23(25-28)20-8-6-18(7-9-20)16-26-12-10-17(11-13-26)15-24-22-14-21(22)19-4-2-1-3-5-19/h1-9,17,21-22,24,28H,10-16H2,(H,25,27)/t21-,22+/m1/s1. The van der Waals surface area contributed by atoms with Crippen LogP contribution >= 0.6 is 0 Å². The van der Waals surface area contributed by atoms with E-state index in [2.05, 4.69) is 40.5 Å². The first-order valence-electron chi connectivity index (χ1n) is 10.3. The van der Waals surface area contributed by atoms with Gasteiger partial charge in [0.25, 0.3) is 5.91 Å². The number of rotatable bonds is 7. The van der Waals surface area contributed by atoms with Gasteiger partial charge in [-0.1, -0.05) is 42.5 Å². The van der Waals surface area contributed by atoms with Crippen molar-refractivity contribution in [2.24, 2.45) is 5.92 Å². The lowest BCUT2D eigenvalue weighted by molar-refractivity contribution is 0.0706.